The highest BCUT2D eigenvalue weighted by Crippen LogP contribution is 2.25. The first-order chi connectivity index (χ1) is 9.18. The number of hydrogen-bond donors (Lipinski definition) is 3. The van der Waals surface area contributed by atoms with Gasteiger partial charge in [0.25, 0.3) is 0 Å². The Bertz CT molecular complexity index is 402. The average molecular weight is 286 g/mol. The van der Waals surface area contributed by atoms with Crippen LogP contribution in [0.2, 0.25) is 0 Å². The molecule has 0 aliphatic carbocycles. The van der Waals surface area contributed by atoms with Gasteiger partial charge < -0.3 is 20.4 Å². The van der Waals surface area contributed by atoms with Gasteiger partial charge in [-0.1, -0.05) is 20.8 Å². The first kappa shape index (κ1) is 16.4. The molecule has 2 amide bonds. The number of nitrogens with zero attached hydrogens (tertiary/aromatic N) is 1. The molecule has 0 spiro atoms. The van der Waals surface area contributed by atoms with Crippen LogP contribution in [-0.4, -0.2) is 58.1 Å². The molecule has 2 atom stereocenters. The summed E-state index contributed by atoms with van der Waals surface area (Å²) >= 11 is 0. The van der Waals surface area contributed by atoms with Gasteiger partial charge in [-0.05, 0) is 12.8 Å². The zero-order chi connectivity index (χ0) is 15.5. The maximum absolute atomic E-state index is 12.3. The summed E-state index contributed by atoms with van der Waals surface area (Å²) in [7, 11) is 0. The molecule has 20 heavy (non-hydrogen) atoms. The molecule has 0 aromatic heterocycles. The minimum atomic E-state index is -1.34. The Morgan fingerprint density at radius 1 is 1.35 bits per heavy atom. The number of aliphatic hydroxyl groups is 1. The van der Waals surface area contributed by atoms with Crippen molar-refractivity contribution in [2.75, 3.05) is 13.2 Å². The van der Waals surface area contributed by atoms with Crippen LogP contribution in [0.1, 0.15) is 33.6 Å². The average Bonchev–Trinajstić information content (AvgIpc) is 2.81. The van der Waals surface area contributed by atoms with Crippen molar-refractivity contribution in [1.82, 2.24) is 10.2 Å². The van der Waals surface area contributed by atoms with Gasteiger partial charge in [-0.3, -0.25) is 9.59 Å². The molecule has 0 bridgehead atoms. The quantitative estimate of drug-likeness (QED) is 0.651. The molecule has 3 N–H and O–H groups in total. The maximum Gasteiger partial charge on any atom is 0.328 e. The summed E-state index contributed by atoms with van der Waals surface area (Å²) in [4.78, 5) is 36.6. The molecule has 0 aromatic carbocycles. The van der Waals surface area contributed by atoms with E-state index in [0.717, 1.165) is 0 Å². The Kier molecular flexibility index (Phi) is 5.10. The van der Waals surface area contributed by atoms with Crippen LogP contribution in [0.3, 0.4) is 0 Å². The number of carboxylic acids is 1. The second-order valence-corrected chi connectivity index (χ2v) is 5.99. The van der Waals surface area contributed by atoms with Gasteiger partial charge in [0.15, 0.2) is 0 Å². The van der Waals surface area contributed by atoms with Crippen LogP contribution in [0.4, 0.5) is 0 Å². The number of aliphatic carboxylic acids is 1. The molecule has 0 radical (unpaired) electrons. The fourth-order valence-corrected chi connectivity index (χ4v) is 2.17. The van der Waals surface area contributed by atoms with Crippen LogP contribution in [0.15, 0.2) is 0 Å². The molecule has 1 aliphatic rings. The predicted molar refractivity (Wildman–Crippen MR) is 70.8 cm³/mol. The normalized spacial score (nSPS) is 20.6. The van der Waals surface area contributed by atoms with Crippen LogP contribution >= 0.6 is 0 Å². The molecule has 1 heterocycles. The van der Waals surface area contributed by atoms with E-state index in [9.17, 15) is 14.4 Å². The molecule has 0 saturated carbocycles. The van der Waals surface area contributed by atoms with Crippen molar-refractivity contribution in [2.24, 2.45) is 5.41 Å². The molecule has 2 unspecified atom stereocenters. The second kappa shape index (κ2) is 6.21. The number of likely N-dealkylation sites (tertiary alicyclic amines) is 1. The van der Waals surface area contributed by atoms with Gasteiger partial charge in [-0.15, -0.1) is 0 Å². The van der Waals surface area contributed by atoms with E-state index in [0.29, 0.717) is 19.4 Å². The van der Waals surface area contributed by atoms with E-state index in [-0.39, 0.29) is 5.91 Å². The summed E-state index contributed by atoms with van der Waals surface area (Å²) in [5.41, 5.74) is -0.591. The predicted octanol–water partition coefficient (Wildman–Crippen LogP) is -0.415. The second-order valence-electron chi connectivity index (χ2n) is 5.99. The zero-order valence-corrected chi connectivity index (χ0v) is 12.0. The van der Waals surface area contributed by atoms with Crippen molar-refractivity contribution in [3.63, 3.8) is 0 Å². The summed E-state index contributed by atoms with van der Waals surface area (Å²) in [5.74, 6) is -1.96. The number of carbonyl (C=O) groups is 3. The highest BCUT2D eigenvalue weighted by molar-refractivity contribution is 5.92. The number of hydrogen-bond acceptors (Lipinski definition) is 4. The fourth-order valence-electron chi connectivity index (χ4n) is 2.17. The monoisotopic (exact) mass is 286 g/mol. The van der Waals surface area contributed by atoms with Crippen LogP contribution in [0.5, 0.6) is 0 Å². The minimum absolute atomic E-state index is 0.133. The van der Waals surface area contributed by atoms with Crippen molar-refractivity contribution >= 4 is 17.8 Å². The summed E-state index contributed by atoms with van der Waals surface area (Å²) in [5, 5.41) is 20.0. The first-order valence-corrected chi connectivity index (χ1v) is 6.63. The molecule has 0 aromatic rings. The Balaban J connectivity index is 2.77. The van der Waals surface area contributed by atoms with Gasteiger partial charge >= 0.3 is 5.97 Å². The summed E-state index contributed by atoms with van der Waals surface area (Å²) < 4.78 is 0. The van der Waals surface area contributed by atoms with E-state index in [2.05, 4.69) is 5.32 Å². The molecule has 7 heteroatoms. The molecule has 1 rings (SSSR count). The van der Waals surface area contributed by atoms with E-state index in [1.807, 2.05) is 0 Å². The fraction of sp³-hybridized carbons (Fsp3) is 0.769. The lowest BCUT2D eigenvalue weighted by atomic mass is 9.94. The van der Waals surface area contributed by atoms with E-state index >= 15 is 0 Å². The van der Waals surface area contributed by atoms with Crippen molar-refractivity contribution in [3.8, 4) is 0 Å². The van der Waals surface area contributed by atoms with Crippen molar-refractivity contribution in [1.29, 1.82) is 0 Å². The third-order valence-corrected chi connectivity index (χ3v) is 3.26. The van der Waals surface area contributed by atoms with Crippen molar-refractivity contribution < 1.29 is 24.6 Å². The lowest BCUT2D eigenvalue weighted by Crippen LogP contribution is -2.53. The first-order valence-electron chi connectivity index (χ1n) is 6.63. The van der Waals surface area contributed by atoms with Gasteiger partial charge in [0, 0.05) is 12.0 Å². The Morgan fingerprint density at radius 2 is 1.95 bits per heavy atom. The number of nitrogens with one attached hydrogen (secondary N) is 1. The van der Waals surface area contributed by atoms with Crippen LogP contribution in [-0.2, 0) is 14.4 Å². The molecule has 1 aliphatic heterocycles. The Morgan fingerprint density at radius 3 is 2.40 bits per heavy atom. The molecule has 114 valence electrons. The zero-order valence-electron chi connectivity index (χ0n) is 12.0. The molecular formula is C13H22N2O5. The summed E-state index contributed by atoms with van der Waals surface area (Å²) in [6.45, 7) is 5.13. The third-order valence-electron chi connectivity index (χ3n) is 3.26. The Hall–Kier alpha value is -1.63. The van der Waals surface area contributed by atoms with Gasteiger partial charge in [-0.25, -0.2) is 4.79 Å². The van der Waals surface area contributed by atoms with Gasteiger partial charge in [0.05, 0.1) is 6.61 Å². The van der Waals surface area contributed by atoms with Gasteiger partial charge in [-0.2, -0.15) is 0 Å². The van der Waals surface area contributed by atoms with Crippen molar-refractivity contribution in [2.45, 2.75) is 45.7 Å². The number of carboxylic acid groups (broad SMARTS) is 1. The number of aliphatic hydroxyl groups excluding tert-OH is 1. The number of carbonyl (C=O) groups excluding carboxylic acids is 2. The summed E-state index contributed by atoms with van der Waals surface area (Å²) in [6.07, 6.45) is 1.21. The lowest BCUT2D eigenvalue weighted by molar-refractivity contribution is -0.147. The molecular weight excluding hydrogens is 264 g/mol. The van der Waals surface area contributed by atoms with Gasteiger partial charge in [0.1, 0.15) is 12.1 Å². The Labute approximate surface area is 117 Å². The topological polar surface area (TPSA) is 107 Å². The third kappa shape index (κ3) is 3.69. The molecule has 1 saturated heterocycles. The maximum atomic E-state index is 12.3. The molecule has 1 fully saturated rings. The minimum Gasteiger partial charge on any atom is -0.480 e. The number of amides is 2. The standard InChI is InChI=1S/C13H22N2O5/c1-13(2,3)12(20)15-6-4-5-9(15)10(17)14-8(7-16)11(18)19/h8-9,16H,4-7H2,1-3H3,(H,14,17)(H,18,19). The van der Waals surface area contributed by atoms with Crippen LogP contribution in [0, 0.1) is 5.41 Å². The summed E-state index contributed by atoms with van der Waals surface area (Å²) in [6, 6.07) is -2.00. The van der Waals surface area contributed by atoms with E-state index in [1.54, 1.807) is 20.8 Å². The molecule has 7 nitrogen and oxygen atoms in total. The largest absolute Gasteiger partial charge is 0.480 e. The van der Waals surface area contributed by atoms with Crippen molar-refractivity contribution in [3.05, 3.63) is 0 Å². The van der Waals surface area contributed by atoms with Crippen LogP contribution in [0.25, 0.3) is 0 Å². The van der Waals surface area contributed by atoms with Gasteiger partial charge in [0.2, 0.25) is 11.8 Å². The highest BCUT2D eigenvalue weighted by Gasteiger charge is 2.39. The number of rotatable bonds is 4. The smallest absolute Gasteiger partial charge is 0.328 e. The van der Waals surface area contributed by atoms with E-state index in [1.165, 1.54) is 4.90 Å². The van der Waals surface area contributed by atoms with Crippen LogP contribution < -0.4 is 5.32 Å². The lowest BCUT2D eigenvalue weighted by Gasteiger charge is -2.30. The van der Waals surface area contributed by atoms with E-state index < -0.39 is 36.0 Å². The SMILES string of the molecule is CC(C)(C)C(=O)N1CCCC1C(=O)NC(CO)C(=O)O. The highest BCUT2D eigenvalue weighted by atomic mass is 16.4. The van der Waals surface area contributed by atoms with E-state index in [4.69, 9.17) is 10.2 Å².